The van der Waals surface area contributed by atoms with Crippen LogP contribution in [0.25, 0.3) is 0 Å². The minimum Gasteiger partial charge on any atom is -0.486 e. The first-order chi connectivity index (χ1) is 14.2. The molecule has 0 unspecified atom stereocenters. The fraction of sp³-hybridized carbons (Fsp3) is 0.364. The van der Waals surface area contributed by atoms with Crippen LogP contribution in [-0.4, -0.2) is 32.7 Å². The van der Waals surface area contributed by atoms with Gasteiger partial charge in [0.2, 0.25) is 0 Å². The maximum absolute atomic E-state index is 12.8. The molecule has 0 radical (unpaired) electrons. The second kappa shape index (κ2) is 8.43. The molecule has 1 fully saturated rings. The minimum atomic E-state index is -0.0852. The van der Waals surface area contributed by atoms with Crippen molar-refractivity contribution in [3.63, 3.8) is 0 Å². The maximum Gasteiger partial charge on any atom is 0.251 e. The van der Waals surface area contributed by atoms with Crippen LogP contribution < -0.4 is 10.1 Å². The van der Waals surface area contributed by atoms with E-state index in [9.17, 15) is 4.79 Å². The van der Waals surface area contributed by atoms with Gasteiger partial charge < -0.3 is 10.1 Å². The Kier molecular flexibility index (Phi) is 5.55. The molecule has 3 aromatic rings. The number of aromatic nitrogens is 4. The number of carbonyl (C=O) groups excluding carboxylic acids is 1. The molecule has 7 heteroatoms. The number of aryl methyl sites for hydroxylation is 1. The normalized spacial score (nSPS) is 15.2. The number of hydrogen-bond donors (Lipinski definition) is 1. The van der Waals surface area contributed by atoms with E-state index in [0.29, 0.717) is 23.7 Å². The Bertz CT molecular complexity index is 964. The molecule has 4 rings (SSSR count). The van der Waals surface area contributed by atoms with E-state index in [2.05, 4.69) is 45.1 Å². The largest absolute Gasteiger partial charge is 0.486 e. The number of nitrogens with zero attached hydrogens (tertiary/aromatic N) is 4. The summed E-state index contributed by atoms with van der Waals surface area (Å²) >= 11 is 0. The molecule has 150 valence electrons. The summed E-state index contributed by atoms with van der Waals surface area (Å²) in [4.78, 5) is 12.8. The average molecular weight is 391 g/mol. The maximum atomic E-state index is 12.8. The van der Waals surface area contributed by atoms with E-state index in [1.807, 2.05) is 18.2 Å². The summed E-state index contributed by atoms with van der Waals surface area (Å²) in [6, 6.07) is 17.7. The number of amides is 1. The van der Waals surface area contributed by atoms with Gasteiger partial charge in [-0.25, -0.2) is 4.68 Å². The molecule has 1 heterocycles. The first kappa shape index (κ1) is 19.1. The molecule has 1 saturated carbocycles. The second-order valence-electron chi connectivity index (χ2n) is 7.57. The minimum absolute atomic E-state index is 0.0310. The first-order valence-electron chi connectivity index (χ1n) is 9.94. The molecule has 1 aromatic heterocycles. The third-order valence-electron chi connectivity index (χ3n) is 5.71. The fourth-order valence-corrected chi connectivity index (χ4v) is 4.01. The van der Waals surface area contributed by atoms with Gasteiger partial charge in [0, 0.05) is 24.6 Å². The van der Waals surface area contributed by atoms with Gasteiger partial charge in [-0.15, -0.1) is 5.10 Å². The molecule has 2 aromatic carbocycles. The molecule has 0 saturated heterocycles. The van der Waals surface area contributed by atoms with Crippen LogP contribution in [0.3, 0.4) is 0 Å². The third kappa shape index (κ3) is 4.29. The number of carbonyl (C=O) groups is 1. The van der Waals surface area contributed by atoms with E-state index < -0.39 is 0 Å². The topological polar surface area (TPSA) is 81.9 Å². The van der Waals surface area contributed by atoms with Crippen LogP contribution in [-0.2, 0) is 19.1 Å². The van der Waals surface area contributed by atoms with Crippen LogP contribution in [0.4, 0.5) is 0 Å². The standard InChI is InChI=1S/C22H25N5O2/c1-27-20(24-25-26-27)15-29-19-11-7-8-17(14-19)21(28)23-16-22(12-5-6-13-22)18-9-3-2-4-10-18/h2-4,7-11,14H,5-6,12-13,15-16H2,1H3,(H,23,28). The fourth-order valence-electron chi connectivity index (χ4n) is 4.01. The first-order valence-corrected chi connectivity index (χ1v) is 9.94. The van der Waals surface area contributed by atoms with Crippen molar-refractivity contribution in [2.75, 3.05) is 6.54 Å². The lowest BCUT2D eigenvalue weighted by Crippen LogP contribution is -2.39. The number of benzene rings is 2. The zero-order valence-corrected chi connectivity index (χ0v) is 16.5. The van der Waals surface area contributed by atoms with E-state index in [1.54, 1.807) is 23.9 Å². The van der Waals surface area contributed by atoms with Crippen molar-refractivity contribution < 1.29 is 9.53 Å². The van der Waals surface area contributed by atoms with Crippen LogP contribution in [0.5, 0.6) is 5.75 Å². The number of rotatable bonds is 7. The highest BCUT2D eigenvalue weighted by molar-refractivity contribution is 5.94. The van der Waals surface area contributed by atoms with Crippen molar-refractivity contribution >= 4 is 5.91 Å². The molecule has 29 heavy (non-hydrogen) atoms. The van der Waals surface area contributed by atoms with Gasteiger partial charge in [-0.3, -0.25) is 4.79 Å². The van der Waals surface area contributed by atoms with Crippen molar-refractivity contribution in [1.82, 2.24) is 25.5 Å². The van der Waals surface area contributed by atoms with Crippen molar-refractivity contribution in [3.8, 4) is 5.75 Å². The average Bonchev–Trinajstić information content (AvgIpc) is 3.41. The van der Waals surface area contributed by atoms with Gasteiger partial charge in [-0.2, -0.15) is 0 Å². The Morgan fingerprint density at radius 3 is 2.66 bits per heavy atom. The predicted octanol–water partition coefficient (Wildman–Crippen LogP) is 3.03. The zero-order valence-electron chi connectivity index (χ0n) is 16.5. The van der Waals surface area contributed by atoms with Gasteiger partial charge in [-0.05, 0) is 47.0 Å². The highest BCUT2D eigenvalue weighted by atomic mass is 16.5. The number of hydrogen-bond acceptors (Lipinski definition) is 5. The van der Waals surface area contributed by atoms with Gasteiger partial charge in [-0.1, -0.05) is 49.2 Å². The molecule has 1 amide bonds. The summed E-state index contributed by atoms with van der Waals surface area (Å²) < 4.78 is 7.30. The highest BCUT2D eigenvalue weighted by Gasteiger charge is 2.35. The monoisotopic (exact) mass is 391 g/mol. The lowest BCUT2D eigenvalue weighted by molar-refractivity contribution is 0.0942. The van der Waals surface area contributed by atoms with Crippen molar-refractivity contribution in [2.45, 2.75) is 37.7 Å². The smallest absolute Gasteiger partial charge is 0.251 e. The van der Waals surface area contributed by atoms with Gasteiger partial charge in [0.15, 0.2) is 5.82 Å². The van der Waals surface area contributed by atoms with Gasteiger partial charge in [0.25, 0.3) is 5.91 Å². The molecule has 1 aliphatic rings. The van der Waals surface area contributed by atoms with E-state index >= 15 is 0 Å². The van der Waals surface area contributed by atoms with Crippen LogP contribution in [0.15, 0.2) is 54.6 Å². The van der Waals surface area contributed by atoms with Crippen LogP contribution in [0, 0.1) is 0 Å². The highest BCUT2D eigenvalue weighted by Crippen LogP contribution is 2.40. The van der Waals surface area contributed by atoms with E-state index in [1.165, 1.54) is 18.4 Å². The summed E-state index contributed by atoms with van der Waals surface area (Å²) in [5.41, 5.74) is 1.93. The van der Waals surface area contributed by atoms with Crippen LogP contribution in [0.2, 0.25) is 0 Å². The summed E-state index contributed by atoms with van der Waals surface area (Å²) in [5, 5.41) is 14.4. The summed E-state index contributed by atoms with van der Waals surface area (Å²) in [5.74, 6) is 1.14. The SMILES string of the molecule is Cn1nnnc1COc1cccc(C(=O)NCC2(c3ccccc3)CCCC2)c1. The summed E-state index contributed by atoms with van der Waals surface area (Å²) in [6.07, 6.45) is 4.61. The molecule has 0 spiro atoms. The van der Waals surface area contributed by atoms with Crippen LogP contribution in [0.1, 0.15) is 47.4 Å². The predicted molar refractivity (Wildman–Crippen MR) is 108 cm³/mol. The van der Waals surface area contributed by atoms with Gasteiger partial charge in [0.05, 0.1) is 0 Å². The second-order valence-corrected chi connectivity index (χ2v) is 7.57. The molecule has 1 aliphatic carbocycles. The lowest BCUT2D eigenvalue weighted by Gasteiger charge is -2.30. The zero-order chi connectivity index (χ0) is 20.1. The molecular formula is C22H25N5O2. The van der Waals surface area contributed by atoms with Gasteiger partial charge in [0.1, 0.15) is 12.4 Å². The van der Waals surface area contributed by atoms with Crippen LogP contribution >= 0.6 is 0 Å². The molecule has 0 atom stereocenters. The Morgan fingerprint density at radius 2 is 1.93 bits per heavy atom. The number of ether oxygens (including phenoxy) is 1. The van der Waals surface area contributed by atoms with E-state index in [-0.39, 0.29) is 17.9 Å². The van der Waals surface area contributed by atoms with Crippen molar-refractivity contribution in [3.05, 3.63) is 71.5 Å². The third-order valence-corrected chi connectivity index (χ3v) is 5.71. The molecule has 7 nitrogen and oxygen atoms in total. The number of tetrazole rings is 1. The van der Waals surface area contributed by atoms with E-state index in [0.717, 1.165) is 12.8 Å². The quantitative estimate of drug-likeness (QED) is 0.669. The molecular weight excluding hydrogens is 366 g/mol. The van der Waals surface area contributed by atoms with Gasteiger partial charge >= 0.3 is 0 Å². The Labute approximate surface area is 170 Å². The van der Waals surface area contributed by atoms with Crippen molar-refractivity contribution in [2.24, 2.45) is 7.05 Å². The number of nitrogens with one attached hydrogen (secondary N) is 1. The molecule has 0 aliphatic heterocycles. The molecule has 0 bridgehead atoms. The Hall–Kier alpha value is -3.22. The lowest BCUT2D eigenvalue weighted by atomic mass is 9.79. The Balaban J connectivity index is 1.41. The van der Waals surface area contributed by atoms with Crippen molar-refractivity contribution in [1.29, 1.82) is 0 Å². The summed E-state index contributed by atoms with van der Waals surface area (Å²) in [7, 11) is 1.76. The molecule has 1 N–H and O–H groups in total. The Morgan fingerprint density at radius 1 is 1.14 bits per heavy atom. The summed E-state index contributed by atoms with van der Waals surface area (Å²) in [6.45, 7) is 0.886. The van der Waals surface area contributed by atoms with E-state index in [4.69, 9.17) is 4.74 Å².